The molecule has 0 aromatic heterocycles. The van der Waals surface area contributed by atoms with E-state index in [2.05, 4.69) is 6.92 Å². The number of aliphatic hydroxyl groups excluding tert-OH is 1. The fourth-order valence-electron chi connectivity index (χ4n) is 3.59. The quantitative estimate of drug-likeness (QED) is 0.838. The Bertz CT molecular complexity index is 279. The SMILES string of the molecule is CCCC1COC2(CCC(C(O)C3CC3)CC2)O1. The highest BCUT2D eigenvalue weighted by molar-refractivity contribution is 4.91. The van der Waals surface area contributed by atoms with Crippen LogP contribution in [0.4, 0.5) is 0 Å². The molecule has 0 bridgehead atoms. The van der Waals surface area contributed by atoms with Crippen molar-refractivity contribution in [2.45, 2.75) is 76.3 Å². The number of aliphatic hydroxyl groups is 1. The number of ether oxygens (including phenoxy) is 2. The molecule has 2 aliphatic carbocycles. The van der Waals surface area contributed by atoms with Gasteiger partial charge in [0.05, 0.1) is 18.8 Å². The zero-order chi connectivity index (χ0) is 12.6. The van der Waals surface area contributed by atoms with Crippen LogP contribution in [0.1, 0.15) is 58.3 Å². The Hall–Kier alpha value is -0.120. The van der Waals surface area contributed by atoms with E-state index in [0.717, 1.165) is 45.1 Å². The summed E-state index contributed by atoms with van der Waals surface area (Å²) in [4.78, 5) is 0. The van der Waals surface area contributed by atoms with Crippen molar-refractivity contribution in [1.82, 2.24) is 0 Å². The summed E-state index contributed by atoms with van der Waals surface area (Å²) in [6, 6.07) is 0. The molecule has 0 amide bonds. The van der Waals surface area contributed by atoms with Crippen LogP contribution in [0.3, 0.4) is 0 Å². The van der Waals surface area contributed by atoms with Crippen LogP contribution in [0.5, 0.6) is 0 Å². The van der Waals surface area contributed by atoms with Gasteiger partial charge in [-0.25, -0.2) is 0 Å². The maximum absolute atomic E-state index is 10.2. The van der Waals surface area contributed by atoms with Gasteiger partial charge in [-0.05, 0) is 43.9 Å². The van der Waals surface area contributed by atoms with Crippen molar-refractivity contribution in [3.05, 3.63) is 0 Å². The van der Waals surface area contributed by atoms with Gasteiger partial charge in [0.15, 0.2) is 5.79 Å². The normalized spacial score (nSPS) is 42.3. The van der Waals surface area contributed by atoms with Gasteiger partial charge < -0.3 is 14.6 Å². The molecule has 1 heterocycles. The molecule has 3 fully saturated rings. The van der Waals surface area contributed by atoms with E-state index in [0.29, 0.717) is 17.9 Å². The van der Waals surface area contributed by atoms with E-state index in [1.54, 1.807) is 0 Å². The average molecular weight is 254 g/mol. The summed E-state index contributed by atoms with van der Waals surface area (Å²) in [6.07, 6.45) is 9.05. The van der Waals surface area contributed by atoms with E-state index in [-0.39, 0.29) is 11.9 Å². The maximum atomic E-state index is 10.2. The standard InChI is InChI=1S/C15H26O3/c1-2-3-13-10-17-15(18-13)8-6-12(7-9-15)14(16)11-4-5-11/h11-14,16H,2-10H2,1H3. The van der Waals surface area contributed by atoms with Gasteiger partial charge >= 0.3 is 0 Å². The second kappa shape index (κ2) is 5.10. The minimum Gasteiger partial charge on any atom is -0.393 e. The molecule has 1 N–H and O–H groups in total. The number of hydrogen-bond acceptors (Lipinski definition) is 3. The van der Waals surface area contributed by atoms with Crippen molar-refractivity contribution < 1.29 is 14.6 Å². The third-order valence-electron chi connectivity index (χ3n) is 4.90. The Morgan fingerprint density at radius 3 is 2.44 bits per heavy atom. The van der Waals surface area contributed by atoms with Crippen molar-refractivity contribution >= 4 is 0 Å². The predicted octanol–water partition coefficient (Wildman–Crippen LogP) is 2.86. The minimum absolute atomic E-state index is 0.0600. The molecular weight excluding hydrogens is 228 g/mol. The number of rotatable bonds is 4. The van der Waals surface area contributed by atoms with Crippen LogP contribution in [0.25, 0.3) is 0 Å². The second-order valence-corrected chi connectivity index (χ2v) is 6.42. The van der Waals surface area contributed by atoms with E-state index >= 15 is 0 Å². The topological polar surface area (TPSA) is 38.7 Å². The molecule has 104 valence electrons. The van der Waals surface area contributed by atoms with Gasteiger partial charge in [0.25, 0.3) is 0 Å². The fourth-order valence-corrected chi connectivity index (χ4v) is 3.59. The van der Waals surface area contributed by atoms with Crippen LogP contribution in [-0.2, 0) is 9.47 Å². The van der Waals surface area contributed by atoms with E-state index < -0.39 is 0 Å². The minimum atomic E-state index is -0.292. The summed E-state index contributed by atoms with van der Waals surface area (Å²) < 4.78 is 12.1. The first-order valence-electron chi connectivity index (χ1n) is 7.72. The lowest BCUT2D eigenvalue weighted by molar-refractivity contribution is -0.197. The largest absolute Gasteiger partial charge is 0.393 e. The van der Waals surface area contributed by atoms with Crippen LogP contribution >= 0.6 is 0 Å². The Balaban J connectivity index is 1.50. The molecule has 1 saturated heterocycles. The van der Waals surface area contributed by atoms with Gasteiger partial charge in [0, 0.05) is 12.8 Å². The summed E-state index contributed by atoms with van der Waals surface area (Å²) in [6.45, 7) is 2.96. The highest BCUT2D eigenvalue weighted by Gasteiger charge is 2.46. The lowest BCUT2D eigenvalue weighted by Crippen LogP contribution is -2.39. The molecule has 3 nitrogen and oxygen atoms in total. The number of hydrogen-bond donors (Lipinski definition) is 1. The van der Waals surface area contributed by atoms with Gasteiger partial charge in [-0.3, -0.25) is 0 Å². The van der Waals surface area contributed by atoms with Crippen molar-refractivity contribution in [2.24, 2.45) is 11.8 Å². The van der Waals surface area contributed by atoms with Crippen molar-refractivity contribution in [2.75, 3.05) is 6.61 Å². The Morgan fingerprint density at radius 2 is 1.83 bits per heavy atom. The van der Waals surface area contributed by atoms with Gasteiger partial charge in [-0.15, -0.1) is 0 Å². The molecule has 2 unspecified atom stereocenters. The first kappa shape index (κ1) is 12.9. The molecule has 3 heteroatoms. The van der Waals surface area contributed by atoms with Crippen LogP contribution < -0.4 is 0 Å². The molecular formula is C15H26O3. The molecule has 0 aromatic rings. The highest BCUT2D eigenvalue weighted by Crippen LogP contribution is 2.45. The molecule has 1 aliphatic heterocycles. The Labute approximate surface area is 110 Å². The van der Waals surface area contributed by atoms with E-state index in [1.165, 1.54) is 12.8 Å². The molecule has 0 radical (unpaired) electrons. The average Bonchev–Trinajstić information content (AvgIpc) is 3.16. The fraction of sp³-hybridized carbons (Fsp3) is 1.00. The molecule has 2 saturated carbocycles. The van der Waals surface area contributed by atoms with Crippen LogP contribution in [-0.4, -0.2) is 29.7 Å². The first-order chi connectivity index (χ1) is 8.72. The molecule has 0 aromatic carbocycles. The highest BCUT2D eigenvalue weighted by atomic mass is 16.7. The lowest BCUT2D eigenvalue weighted by Gasteiger charge is -2.37. The molecule has 2 atom stereocenters. The molecule has 3 aliphatic rings. The van der Waals surface area contributed by atoms with E-state index in [4.69, 9.17) is 9.47 Å². The molecule has 18 heavy (non-hydrogen) atoms. The van der Waals surface area contributed by atoms with E-state index in [1.807, 2.05) is 0 Å². The third kappa shape index (κ3) is 2.59. The van der Waals surface area contributed by atoms with E-state index in [9.17, 15) is 5.11 Å². The Morgan fingerprint density at radius 1 is 1.17 bits per heavy atom. The smallest absolute Gasteiger partial charge is 0.168 e. The summed E-state index contributed by atoms with van der Waals surface area (Å²) in [5.41, 5.74) is 0. The maximum Gasteiger partial charge on any atom is 0.168 e. The van der Waals surface area contributed by atoms with Crippen LogP contribution in [0.2, 0.25) is 0 Å². The van der Waals surface area contributed by atoms with Gasteiger partial charge in [-0.2, -0.15) is 0 Å². The van der Waals surface area contributed by atoms with Gasteiger partial charge in [-0.1, -0.05) is 13.3 Å². The summed E-state index contributed by atoms with van der Waals surface area (Å²) >= 11 is 0. The molecule has 1 spiro atoms. The first-order valence-corrected chi connectivity index (χ1v) is 7.72. The van der Waals surface area contributed by atoms with Gasteiger partial charge in [0.1, 0.15) is 0 Å². The lowest BCUT2D eigenvalue weighted by atomic mass is 9.80. The second-order valence-electron chi connectivity index (χ2n) is 6.42. The van der Waals surface area contributed by atoms with Gasteiger partial charge in [0.2, 0.25) is 0 Å². The summed E-state index contributed by atoms with van der Waals surface area (Å²) in [5, 5.41) is 10.2. The summed E-state index contributed by atoms with van der Waals surface area (Å²) in [7, 11) is 0. The van der Waals surface area contributed by atoms with Crippen LogP contribution in [0, 0.1) is 11.8 Å². The third-order valence-corrected chi connectivity index (χ3v) is 4.90. The van der Waals surface area contributed by atoms with Crippen molar-refractivity contribution in [1.29, 1.82) is 0 Å². The summed E-state index contributed by atoms with van der Waals surface area (Å²) in [5.74, 6) is 0.794. The van der Waals surface area contributed by atoms with Crippen LogP contribution in [0.15, 0.2) is 0 Å². The van der Waals surface area contributed by atoms with Crippen molar-refractivity contribution in [3.63, 3.8) is 0 Å². The predicted molar refractivity (Wildman–Crippen MR) is 69.2 cm³/mol. The Kier molecular flexibility index (Phi) is 3.65. The zero-order valence-electron chi connectivity index (χ0n) is 11.4. The zero-order valence-corrected chi connectivity index (χ0v) is 11.4. The van der Waals surface area contributed by atoms with Crippen molar-refractivity contribution in [3.8, 4) is 0 Å². The monoisotopic (exact) mass is 254 g/mol. The molecule has 3 rings (SSSR count).